The van der Waals surface area contributed by atoms with Crippen molar-refractivity contribution in [1.82, 2.24) is 0 Å². The minimum atomic E-state index is -1.09. The molecule has 4 heteroatoms. The molecule has 1 aliphatic rings. The zero-order chi connectivity index (χ0) is 7.56. The lowest BCUT2D eigenvalue weighted by Gasteiger charge is -2.08. The highest BCUT2D eigenvalue weighted by atomic mass is 19.1. The fourth-order valence-electron chi connectivity index (χ4n) is 0.783. The molecular formula is C6H9FO3. The molecule has 0 N–H and O–H groups in total. The van der Waals surface area contributed by atoms with Crippen LogP contribution in [0.2, 0.25) is 0 Å². The largest absolute Gasteiger partial charge is 0.508 e. The summed E-state index contributed by atoms with van der Waals surface area (Å²) in [6.45, 7) is 1.74. The highest BCUT2D eigenvalue weighted by molar-refractivity contribution is 5.61. The van der Waals surface area contributed by atoms with Crippen LogP contribution in [-0.2, 0) is 9.47 Å². The second kappa shape index (κ2) is 2.86. The van der Waals surface area contributed by atoms with E-state index >= 15 is 0 Å². The summed E-state index contributed by atoms with van der Waals surface area (Å²) in [6.07, 6.45) is -2.19. The minimum Gasteiger partial charge on any atom is -0.430 e. The summed E-state index contributed by atoms with van der Waals surface area (Å²) in [7, 11) is 0. The maximum absolute atomic E-state index is 12.7. The Labute approximate surface area is 58.1 Å². The first-order valence-corrected chi connectivity index (χ1v) is 3.21. The van der Waals surface area contributed by atoms with E-state index < -0.39 is 18.4 Å². The van der Waals surface area contributed by atoms with Crippen LogP contribution < -0.4 is 0 Å². The summed E-state index contributed by atoms with van der Waals surface area (Å²) < 4.78 is 21.5. The Morgan fingerprint density at radius 1 is 1.90 bits per heavy atom. The number of hydrogen-bond donors (Lipinski definition) is 0. The van der Waals surface area contributed by atoms with Crippen molar-refractivity contribution >= 4 is 6.16 Å². The summed E-state index contributed by atoms with van der Waals surface area (Å²) in [5.41, 5.74) is 0. The minimum absolute atomic E-state index is 0.0494. The number of alkyl halides is 1. The van der Waals surface area contributed by atoms with Gasteiger partial charge in [0.05, 0.1) is 0 Å². The van der Waals surface area contributed by atoms with Crippen LogP contribution in [0, 0.1) is 0 Å². The normalized spacial score (nSPS) is 27.4. The first-order valence-electron chi connectivity index (χ1n) is 3.21. The van der Waals surface area contributed by atoms with Crippen LogP contribution >= 0.6 is 0 Å². The average molecular weight is 148 g/mol. The van der Waals surface area contributed by atoms with Gasteiger partial charge in [0, 0.05) is 0 Å². The van der Waals surface area contributed by atoms with Gasteiger partial charge in [-0.2, -0.15) is 0 Å². The van der Waals surface area contributed by atoms with Crippen LogP contribution in [0.5, 0.6) is 0 Å². The summed E-state index contributed by atoms with van der Waals surface area (Å²) in [5, 5.41) is 0. The molecule has 0 aromatic heterocycles. The van der Waals surface area contributed by atoms with Crippen molar-refractivity contribution in [3.63, 3.8) is 0 Å². The van der Waals surface area contributed by atoms with Gasteiger partial charge in [0.15, 0.2) is 6.10 Å². The van der Waals surface area contributed by atoms with Gasteiger partial charge in [0.2, 0.25) is 0 Å². The fraction of sp³-hybridized carbons (Fsp3) is 0.833. The monoisotopic (exact) mass is 148 g/mol. The van der Waals surface area contributed by atoms with Gasteiger partial charge in [-0.15, -0.1) is 0 Å². The highest BCUT2D eigenvalue weighted by Crippen LogP contribution is 2.14. The number of hydrogen-bond acceptors (Lipinski definition) is 3. The van der Waals surface area contributed by atoms with E-state index in [9.17, 15) is 9.18 Å². The Morgan fingerprint density at radius 2 is 2.60 bits per heavy atom. The van der Waals surface area contributed by atoms with E-state index in [0.29, 0.717) is 6.42 Å². The maximum Gasteiger partial charge on any atom is 0.508 e. The van der Waals surface area contributed by atoms with E-state index in [1.54, 1.807) is 6.92 Å². The molecule has 2 unspecified atom stereocenters. The quantitative estimate of drug-likeness (QED) is 0.553. The number of carbonyl (C=O) groups is 1. The first kappa shape index (κ1) is 7.31. The zero-order valence-corrected chi connectivity index (χ0v) is 5.67. The molecule has 0 aliphatic carbocycles. The van der Waals surface area contributed by atoms with Crippen LogP contribution in [0.1, 0.15) is 13.3 Å². The molecule has 1 fully saturated rings. The standard InChI is InChI=1S/C6H9FO3/c1-2-4(7)5-3-9-6(8)10-5/h4-5H,2-3H2,1H3. The second-order valence-corrected chi connectivity index (χ2v) is 2.14. The van der Waals surface area contributed by atoms with Gasteiger partial charge in [-0.25, -0.2) is 9.18 Å². The van der Waals surface area contributed by atoms with E-state index in [2.05, 4.69) is 9.47 Å². The molecule has 0 amide bonds. The molecule has 0 aromatic rings. The number of rotatable bonds is 2. The van der Waals surface area contributed by atoms with Gasteiger partial charge in [-0.05, 0) is 6.42 Å². The molecule has 1 heterocycles. The Kier molecular flexibility index (Phi) is 2.09. The van der Waals surface area contributed by atoms with Crippen molar-refractivity contribution in [1.29, 1.82) is 0 Å². The van der Waals surface area contributed by atoms with E-state index in [1.165, 1.54) is 0 Å². The number of halogens is 1. The van der Waals surface area contributed by atoms with E-state index in [0.717, 1.165) is 0 Å². The predicted octanol–water partition coefficient (Wildman–Crippen LogP) is 1.27. The lowest BCUT2D eigenvalue weighted by Crippen LogP contribution is -2.23. The second-order valence-electron chi connectivity index (χ2n) is 2.14. The topological polar surface area (TPSA) is 35.5 Å². The maximum atomic E-state index is 12.7. The van der Waals surface area contributed by atoms with Crippen LogP contribution in [0.15, 0.2) is 0 Å². The Bertz CT molecular complexity index is 137. The Balaban J connectivity index is 2.36. The Hall–Kier alpha value is -0.800. The van der Waals surface area contributed by atoms with Crippen molar-refractivity contribution in [2.24, 2.45) is 0 Å². The first-order chi connectivity index (χ1) is 4.74. The molecule has 0 radical (unpaired) electrons. The van der Waals surface area contributed by atoms with Gasteiger partial charge >= 0.3 is 6.16 Å². The van der Waals surface area contributed by atoms with E-state index in [4.69, 9.17) is 0 Å². The molecule has 1 rings (SSSR count). The van der Waals surface area contributed by atoms with Crippen molar-refractivity contribution in [2.75, 3.05) is 6.61 Å². The third kappa shape index (κ3) is 1.37. The van der Waals surface area contributed by atoms with E-state index in [1.807, 2.05) is 0 Å². The molecule has 0 aromatic carbocycles. The number of cyclic esters (lactones) is 2. The third-order valence-corrected chi connectivity index (χ3v) is 1.41. The number of ether oxygens (including phenoxy) is 2. The van der Waals surface area contributed by atoms with Gasteiger partial charge in [-0.1, -0.05) is 6.92 Å². The predicted molar refractivity (Wildman–Crippen MR) is 31.4 cm³/mol. The van der Waals surface area contributed by atoms with Crippen molar-refractivity contribution in [3.8, 4) is 0 Å². The van der Waals surface area contributed by atoms with Crippen molar-refractivity contribution in [2.45, 2.75) is 25.6 Å². The molecular weight excluding hydrogens is 139 g/mol. The van der Waals surface area contributed by atoms with Crippen LogP contribution in [0.25, 0.3) is 0 Å². The molecule has 0 saturated carbocycles. The summed E-state index contributed by atoms with van der Waals surface area (Å²) in [4.78, 5) is 10.3. The average Bonchev–Trinajstić information content (AvgIpc) is 2.34. The highest BCUT2D eigenvalue weighted by Gasteiger charge is 2.31. The summed E-state index contributed by atoms with van der Waals surface area (Å²) in [6, 6.07) is 0. The van der Waals surface area contributed by atoms with Gasteiger partial charge in [0.25, 0.3) is 0 Å². The molecule has 0 spiro atoms. The zero-order valence-electron chi connectivity index (χ0n) is 5.67. The fourth-order valence-corrected chi connectivity index (χ4v) is 0.783. The van der Waals surface area contributed by atoms with Gasteiger partial charge in [-0.3, -0.25) is 0 Å². The molecule has 3 nitrogen and oxygen atoms in total. The van der Waals surface area contributed by atoms with Crippen LogP contribution in [0.4, 0.5) is 9.18 Å². The third-order valence-electron chi connectivity index (χ3n) is 1.41. The molecule has 10 heavy (non-hydrogen) atoms. The SMILES string of the molecule is CCC(F)C1COC(=O)O1. The Morgan fingerprint density at radius 3 is 3.00 bits per heavy atom. The smallest absolute Gasteiger partial charge is 0.430 e. The van der Waals surface area contributed by atoms with Gasteiger partial charge in [0.1, 0.15) is 12.8 Å². The van der Waals surface area contributed by atoms with Crippen LogP contribution in [-0.4, -0.2) is 25.0 Å². The van der Waals surface area contributed by atoms with Crippen LogP contribution in [0.3, 0.4) is 0 Å². The number of carbonyl (C=O) groups excluding carboxylic acids is 1. The molecule has 2 atom stereocenters. The lowest BCUT2D eigenvalue weighted by atomic mass is 10.2. The van der Waals surface area contributed by atoms with E-state index in [-0.39, 0.29) is 6.61 Å². The molecule has 1 saturated heterocycles. The summed E-state index contributed by atoms with van der Waals surface area (Å²) >= 11 is 0. The van der Waals surface area contributed by atoms with Gasteiger partial charge < -0.3 is 9.47 Å². The van der Waals surface area contributed by atoms with Crippen molar-refractivity contribution in [3.05, 3.63) is 0 Å². The molecule has 58 valence electrons. The van der Waals surface area contributed by atoms with Crippen molar-refractivity contribution < 1.29 is 18.7 Å². The summed E-state index contributed by atoms with van der Waals surface area (Å²) in [5.74, 6) is 0. The molecule has 0 bridgehead atoms. The molecule has 1 aliphatic heterocycles. The lowest BCUT2D eigenvalue weighted by molar-refractivity contribution is 0.0797.